The Kier molecular flexibility index (Phi) is 5.38. The van der Waals surface area contributed by atoms with Gasteiger partial charge >= 0.3 is 0 Å². The second kappa shape index (κ2) is 7.70. The molecule has 1 aliphatic carbocycles. The van der Waals surface area contributed by atoms with E-state index in [1.165, 1.54) is 0 Å². The maximum Gasteiger partial charge on any atom is 0.262 e. The molecule has 0 saturated heterocycles. The minimum atomic E-state index is -0.258. The SMILES string of the molecule is Cc1ccc(NC(=O)COc2ccc(Br)cc2)cc1NC(=O)C1CC1. The first-order valence-corrected chi connectivity index (χ1v) is 8.90. The van der Waals surface area contributed by atoms with Crippen molar-refractivity contribution in [3.05, 3.63) is 52.5 Å². The minimum absolute atomic E-state index is 0.0464. The van der Waals surface area contributed by atoms with Crippen molar-refractivity contribution in [2.75, 3.05) is 17.2 Å². The summed E-state index contributed by atoms with van der Waals surface area (Å²) in [6.45, 7) is 1.84. The molecule has 0 bridgehead atoms. The number of hydrogen-bond donors (Lipinski definition) is 2. The second-order valence-corrected chi connectivity index (χ2v) is 7.00. The monoisotopic (exact) mass is 402 g/mol. The number of hydrogen-bond acceptors (Lipinski definition) is 3. The first-order chi connectivity index (χ1) is 12.0. The van der Waals surface area contributed by atoms with Crippen LogP contribution in [-0.4, -0.2) is 18.4 Å². The molecule has 1 fully saturated rings. The summed E-state index contributed by atoms with van der Waals surface area (Å²) in [4.78, 5) is 24.0. The zero-order valence-corrected chi connectivity index (χ0v) is 15.4. The Labute approximate surface area is 154 Å². The molecule has 2 aromatic carbocycles. The van der Waals surface area contributed by atoms with E-state index in [0.29, 0.717) is 11.4 Å². The Morgan fingerprint density at radius 2 is 1.84 bits per heavy atom. The van der Waals surface area contributed by atoms with E-state index in [1.54, 1.807) is 24.3 Å². The Morgan fingerprint density at radius 3 is 2.52 bits per heavy atom. The maximum absolute atomic E-state index is 12.1. The fraction of sp³-hybridized carbons (Fsp3) is 0.263. The number of aryl methyl sites for hydroxylation is 1. The van der Waals surface area contributed by atoms with Gasteiger partial charge in [-0.25, -0.2) is 0 Å². The number of nitrogens with one attached hydrogen (secondary N) is 2. The third kappa shape index (κ3) is 5.06. The van der Waals surface area contributed by atoms with Crippen LogP contribution in [0, 0.1) is 12.8 Å². The van der Waals surface area contributed by atoms with Gasteiger partial charge in [-0.15, -0.1) is 0 Å². The highest BCUT2D eigenvalue weighted by atomic mass is 79.9. The standard InChI is InChI=1S/C19H19BrN2O3/c1-12-2-7-15(10-17(12)22-19(24)13-3-4-13)21-18(23)11-25-16-8-5-14(20)6-9-16/h2,5-10,13H,3-4,11H2,1H3,(H,21,23)(H,22,24). The zero-order valence-electron chi connectivity index (χ0n) is 13.8. The third-order valence-electron chi connectivity index (χ3n) is 3.91. The lowest BCUT2D eigenvalue weighted by Gasteiger charge is -2.12. The average Bonchev–Trinajstić information content (AvgIpc) is 3.42. The summed E-state index contributed by atoms with van der Waals surface area (Å²) in [7, 11) is 0. The predicted molar refractivity (Wildman–Crippen MR) is 101 cm³/mol. The van der Waals surface area contributed by atoms with Crippen molar-refractivity contribution >= 4 is 39.1 Å². The van der Waals surface area contributed by atoms with Gasteiger partial charge in [0, 0.05) is 21.8 Å². The first kappa shape index (κ1) is 17.5. The molecule has 2 amide bonds. The van der Waals surface area contributed by atoms with Gasteiger partial charge < -0.3 is 15.4 Å². The highest BCUT2D eigenvalue weighted by Crippen LogP contribution is 2.31. The summed E-state index contributed by atoms with van der Waals surface area (Å²) in [5.41, 5.74) is 2.31. The molecule has 0 atom stereocenters. The molecule has 1 saturated carbocycles. The molecule has 0 unspecified atom stereocenters. The van der Waals surface area contributed by atoms with Crippen LogP contribution in [-0.2, 0) is 9.59 Å². The summed E-state index contributed by atoms with van der Waals surface area (Å²) >= 11 is 3.35. The van der Waals surface area contributed by atoms with Crippen LogP contribution in [0.1, 0.15) is 18.4 Å². The molecule has 0 aromatic heterocycles. The summed E-state index contributed by atoms with van der Waals surface area (Å²) < 4.78 is 6.40. The number of anilines is 2. The van der Waals surface area contributed by atoms with Crippen LogP contribution in [0.2, 0.25) is 0 Å². The number of carbonyl (C=O) groups is 2. The van der Waals surface area contributed by atoms with E-state index in [4.69, 9.17) is 4.74 Å². The molecule has 2 N–H and O–H groups in total. The summed E-state index contributed by atoms with van der Waals surface area (Å²) in [6, 6.07) is 12.7. The lowest BCUT2D eigenvalue weighted by Crippen LogP contribution is -2.20. The summed E-state index contributed by atoms with van der Waals surface area (Å²) in [5, 5.41) is 5.71. The van der Waals surface area contributed by atoms with Crippen molar-refractivity contribution in [2.24, 2.45) is 5.92 Å². The highest BCUT2D eigenvalue weighted by Gasteiger charge is 2.29. The smallest absolute Gasteiger partial charge is 0.262 e. The molecular weight excluding hydrogens is 384 g/mol. The second-order valence-electron chi connectivity index (χ2n) is 6.08. The molecule has 130 valence electrons. The Morgan fingerprint density at radius 1 is 1.12 bits per heavy atom. The van der Waals surface area contributed by atoms with Gasteiger partial charge in [0.05, 0.1) is 0 Å². The largest absolute Gasteiger partial charge is 0.484 e. The molecule has 0 radical (unpaired) electrons. The number of carbonyl (C=O) groups excluding carboxylic acids is 2. The fourth-order valence-electron chi connectivity index (χ4n) is 2.29. The predicted octanol–water partition coefficient (Wildman–Crippen LogP) is 4.12. The van der Waals surface area contributed by atoms with E-state index < -0.39 is 0 Å². The summed E-state index contributed by atoms with van der Waals surface area (Å²) in [6.07, 6.45) is 1.91. The Bertz CT molecular complexity index is 786. The first-order valence-electron chi connectivity index (χ1n) is 8.11. The van der Waals surface area contributed by atoms with Crippen molar-refractivity contribution in [1.82, 2.24) is 0 Å². The molecule has 6 heteroatoms. The van der Waals surface area contributed by atoms with Gasteiger partial charge in [0.15, 0.2) is 6.61 Å². The fourth-order valence-corrected chi connectivity index (χ4v) is 2.56. The lowest BCUT2D eigenvalue weighted by molar-refractivity contribution is -0.118. The van der Waals surface area contributed by atoms with Crippen LogP contribution in [0.3, 0.4) is 0 Å². The van der Waals surface area contributed by atoms with E-state index in [1.807, 2.05) is 25.1 Å². The van der Waals surface area contributed by atoms with Crippen molar-refractivity contribution in [3.8, 4) is 5.75 Å². The number of benzene rings is 2. The van der Waals surface area contributed by atoms with Crippen molar-refractivity contribution < 1.29 is 14.3 Å². The number of halogens is 1. The van der Waals surface area contributed by atoms with E-state index in [2.05, 4.69) is 26.6 Å². The van der Waals surface area contributed by atoms with Gasteiger partial charge in [-0.2, -0.15) is 0 Å². The van der Waals surface area contributed by atoms with Gasteiger partial charge in [-0.3, -0.25) is 9.59 Å². The van der Waals surface area contributed by atoms with Crippen molar-refractivity contribution in [1.29, 1.82) is 0 Å². The molecule has 3 rings (SSSR count). The van der Waals surface area contributed by atoms with Crippen LogP contribution < -0.4 is 15.4 Å². The number of rotatable bonds is 6. The quantitative estimate of drug-likeness (QED) is 0.763. The molecular formula is C19H19BrN2O3. The third-order valence-corrected chi connectivity index (χ3v) is 4.44. The highest BCUT2D eigenvalue weighted by molar-refractivity contribution is 9.10. The molecule has 0 aliphatic heterocycles. The van der Waals surface area contributed by atoms with Gasteiger partial charge in [-0.05, 0) is 61.7 Å². The topological polar surface area (TPSA) is 67.4 Å². The lowest BCUT2D eigenvalue weighted by atomic mass is 10.1. The van der Waals surface area contributed by atoms with Crippen molar-refractivity contribution in [2.45, 2.75) is 19.8 Å². The maximum atomic E-state index is 12.1. The van der Waals surface area contributed by atoms with Crippen LogP contribution >= 0.6 is 15.9 Å². The van der Waals surface area contributed by atoms with Crippen LogP contribution in [0.4, 0.5) is 11.4 Å². The van der Waals surface area contributed by atoms with E-state index in [9.17, 15) is 9.59 Å². The van der Waals surface area contributed by atoms with Crippen LogP contribution in [0.25, 0.3) is 0 Å². The van der Waals surface area contributed by atoms with Gasteiger partial charge in [-0.1, -0.05) is 22.0 Å². The van der Waals surface area contributed by atoms with Crippen LogP contribution in [0.15, 0.2) is 46.9 Å². The van der Waals surface area contributed by atoms with E-state index in [0.717, 1.165) is 28.6 Å². The number of amides is 2. The molecule has 0 heterocycles. The molecule has 25 heavy (non-hydrogen) atoms. The number of ether oxygens (including phenoxy) is 1. The summed E-state index contributed by atoms with van der Waals surface area (Å²) in [5.74, 6) is 0.549. The van der Waals surface area contributed by atoms with E-state index >= 15 is 0 Å². The Balaban J connectivity index is 1.56. The van der Waals surface area contributed by atoms with Crippen molar-refractivity contribution in [3.63, 3.8) is 0 Å². The molecule has 2 aromatic rings. The van der Waals surface area contributed by atoms with E-state index in [-0.39, 0.29) is 24.3 Å². The molecule has 0 spiro atoms. The molecule has 5 nitrogen and oxygen atoms in total. The van der Waals surface area contributed by atoms with Gasteiger partial charge in [0.1, 0.15) is 5.75 Å². The minimum Gasteiger partial charge on any atom is -0.484 e. The molecule has 1 aliphatic rings. The van der Waals surface area contributed by atoms with Crippen LogP contribution in [0.5, 0.6) is 5.75 Å². The average molecular weight is 403 g/mol. The van der Waals surface area contributed by atoms with Gasteiger partial charge in [0.2, 0.25) is 5.91 Å². The normalized spacial score (nSPS) is 13.2. The van der Waals surface area contributed by atoms with Gasteiger partial charge in [0.25, 0.3) is 5.91 Å². The zero-order chi connectivity index (χ0) is 17.8. The Hall–Kier alpha value is -2.34.